The summed E-state index contributed by atoms with van der Waals surface area (Å²) in [7, 11) is 0. The van der Waals surface area contributed by atoms with Crippen LogP contribution in [0.4, 0.5) is 8.78 Å². The van der Waals surface area contributed by atoms with E-state index in [0.29, 0.717) is 13.0 Å². The van der Waals surface area contributed by atoms with Crippen LogP contribution in [0.25, 0.3) is 0 Å². The number of benzene rings is 3. The number of amides is 1. The van der Waals surface area contributed by atoms with E-state index in [9.17, 15) is 13.6 Å². The molecule has 0 spiro atoms. The second-order valence-electron chi connectivity index (χ2n) is 8.09. The fourth-order valence-electron chi connectivity index (χ4n) is 4.18. The van der Waals surface area contributed by atoms with Crippen LogP contribution in [-0.2, 0) is 11.2 Å². The van der Waals surface area contributed by atoms with E-state index in [4.69, 9.17) is 0 Å². The number of nitrogens with one attached hydrogen (secondary N) is 1. The summed E-state index contributed by atoms with van der Waals surface area (Å²) in [6, 6.07) is 26.6. The summed E-state index contributed by atoms with van der Waals surface area (Å²) in [4.78, 5) is 14.9. The number of thiophene rings is 1. The summed E-state index contributed by atoms with van der Waals surface area (Å²) in [5, 5.41) is 3.08. The summed E-state index contributed by atoms with van der Waals surface area (Å²) in [5.41, 5.74) is 2.65. The third kappa shape index (κ3) is 5.93. The standard InChI is InChI=1S/C28H25F2NOS/c1-19-10-15-25(33-19)17-27(32)31-18-26(20-6-3-2-4-7-20)28(21-11-13-23(29)14-12-21)22-8-5-9-24(30)16-22/h2-16,26,28H,17-18H2,1H3,(H,31,32). The molecule has 1 aromatic heterocycles. The van der Waals surface area contributed by atoms with Crippen molar-refractivity contribution in [3.63, 3.8) is 0 Å². The van der Waals surface area contributed by atoms with Crippen LogP contribution in [0.15, 0.2) is 91.0 Å². The van der Waals surface area contributed by atoms with Crippen LogP contribution in [-0.4, -0.2) is 12.5 Å². The smallest absolute Gasteiger partial charge is 0.225 e. The molecule has 2 unspecified atom stereocenters. The second kappa shape index (κ2) is 10.5. The Hall–Kier alpha value is -3.31. The minimum absolute atomic E-state index is 0.0603. The molecule has 0 aliphatic carbocycles. The number of rotatable bonds is 8. The maximum atomic E-state index is 14.2. The number of carbonyl (C=O) groups excluding carboxylic acids is 1. The summed E-state index contributed by atoms with van der Waals surface area (Å²) in [5.74, 6) is -1.16. The van der Waals surface area contributed by atoms with Crippen molar-refractivity contribution in [2.75, 3.05) is 6.54 Å². The molecule has 2 nitrogen and oxygen atoms in total. The first kappa shape index (κ1) is 22.9. The molecule has 1 N–H and O–H groups in total. The van der Waals surface area contributed by atoms with Gasteiger partial charge in [0.2, 0.25) is 5.91 Å². The number of carbonyl (C=O) groups is 1. The summed E-state index contributed by atoms with van der Waals surface area (Å²) in [6.07, 6.45) is 0.321. The SMILES string of the molecule is Cc1ccc(CC(=O)NCC(c2ccccc2)C(c2ccc(F)cc2)c2cccc(F)c2)s1. The Morgan fingerprint density at radius 2 is 1.55 bits per heavy atom. The monoisotopic (exact) mass is 461 g/mol. The van der Waals surface area contributed by atoms with E-state index in [1.807, 2.05) is 55.5 Å². The molecule has 5 heteroatoms. The Kier molecular flexibility index (Phi) is 7.30. The molecule has 0 fully saturated rings. The average Bonchev–Trinajstić information content (AvgIpc) is 3.22. The lowest BCUT2D eigenvalue weighted by atomic mass is 9.77. The van der Waals surface area contributed by atoms with Crippen molar-refractivity contribution in [3.8, 4) is 0 Å². The van der Waals surface area contributed by atoms with Crippen LogP contribution < -0.4 is 5.32 Å². The van der Waals surface area contributed by atoms with Crippen LogP contribution in [0.1, 0.15) is 38.3 Å². The lowest BCUT2D eigenvalue weighted by molar-refractivity contribution is -0.120. The third-order valence-electron chi connectivity index (χ3n) is 5.72. The molecule has 0 radical (unpaired) electrons. The minimum Gasteiger partial charge on any atom is -0.355 e. The largest absolute Gasteiger partial charge is 0.355 e. The highest BCUT2D eigenvalue weighted by Crippen LogP contribution is 2.38. The van der Waals surface area contributed by atoms with Crippen molar-refractivity contribution in [3.05, 3.63) is 129 Å². The van der Waals surface area contributed by atoms with Crippen LogP contribution in [0.3, 0.4) is 0 Å². The summed E-state index contributed by atoms with van der Waals surface area (Å²) >= 11 is 1.61. The highest BCUT2D eigenvalue weighted by molar-refractivity contribution is 7.12. The zero-order chi connectivity index (χ0) is 23.2. The molecule has 0 bridgehead atoms. The van der Waals surface area contributed by atoms with Gasteiger partial charge in [0.25, 0.3) is 0 Å². The van der Waals surface area contributed by atoms with Gasteiger partial charge in [0.05, 0.1) is 6.42 Å². The molecule has 168 valence electrons. The molecular formula is C28H25F2NOS. The molecule has 33 heavy (non-hydrogen) atoms. The van der Waals surface area contributed by atoms with Gasteiger partial charge < -0.3 is 5.32 Å². The summed E-state index contributed by atoms with van der Waals surface area (Å²) < 4.78 is 27.9. The fourth-order valence-corrected chi connectivity index (χ4v) is 5.07. The van der Waals surface area contributed by atoms with Gasteiger partial charge in [0.1, 0.15) is 11.6 Å². The molecular weight excluding hydrogens is 436 g/mol. The van der Waals surface area contributed by atoms with Crippen LogP contribution in [0.2, 0.25) is 0 Å². The van der Waals surface area contributed by atoms with Gasteiger partial charge in [-0.05, 0) is 60.0 Å². The number of halogens is 2. The molecule has 0 saturated carbocycles. The average molecular weight is 462 g/mol. The van der Waals surface area contributed by atoms with Crippen molar-refractivity contribution >= 4 is 17.2 Å². The first-order valence-corrected chi connectivity index (χ1v) is 11.7. The lowest BCUT2D eigenvalue weighted by Crippen LogP contribution is -2.32. The van der Waals surface area contributed by atoms with Gasteiger partial charge in [-0.2, -0.15) is 0 Å². The van der Waals surface area contributed by atoms with Crippen molar-refractivity contribution in [1.29, 1.82) is 0 Å². The third-order valence-corrected chi connectivity index (χ3v) is 6.72. The van der Waals surface area contributed by atoms with E-state index < -0.39 is 0 Å². The van der Waals surface area contributed by atoms with Crippen molar-refractivity contribution in [2.45, 2.75) is 25.2 Å². The van der Waals surface area contributed by atoms with Gasteiger partial charge in [-0.3, -0.25) is 4.79 Å². The fraction of sp³-hybridized carbons (Fsp3) is 0.179. The number of aryl methyl sites for hydroxylation is 1. The van der Waals surface area contributed by atoms with E-state index in [1.165, 1.54) is 29.1 Å². The zero-order valence-corrected chi connectivity index (χ0v) is 19.1. The molecule has 0 aliphatic heterocycles. The van der Waals surface area contributed by atoms with E-state index in [1.54, 1.807) is 29.5 Å². The molecule has 2 atom stereocenters. The van der Waals surface area contributed by atoms with Gasteiger partial charge in [-0.1, -0.05) is 54.6 Å². The zero-order valence-electron chi connectivity index (χ0n) is 18.3. The first-order valence-electron chi connectivity index (χ1n) is 10.9. The van der Waals surface area contributed by atoms with Gasteiger partial charge in [-0.15, -0.1) is 11.3 Å². The second-order valence-corrected chi connectivity index (χ2v) is 9.47. The number of hydrogen-bond donors (Lipinski definition) is 1. The Balaban J connectivity index is 1.67. The predicted molar refractivity (Wildman–Crippen MR) is 130 cm³/mol. The van der Waals surface area contributed by atoms with Crippen LogP contribution >= 0.6 is 11.3 Å². The highest BCUT2D eigenvalue weighted by Gasteiger charge is 2.27. The molecule has 1 heterocycles. The van der Waals surface area contributed by atoms with Crippen molar-refractivity contribution < 1.29 is 13.6 Å². The van der Waals surface area contributed by atoms with Crippen LogP contribution in [0, 0.1) is 18.6 Å². The normalized spacial score (nSPS) is 12.8. The Morgan fingerprint density at radius 1 is 0.818 bits per heavy atom. The quantitative estimate of drug-likeness (QED) is 0.314. The molecule has 4 aromatic rings. The Morgan fingerprint density at radius 3 is 2.21 bits per heavy atom. The van der Waals surface area contributed by atoms with Crippen molar-refractivity contribution in [2.24, 2.45) is 0 Å². The molecule has 1 amide bonds. The molecule has 0 saturated heterocycles. The molecule has 4 rings (SSSR count). The van der Waals surface area contributed by atoms with Crippen LogP contribution in [0.5, 0.6) is 0 Å². The first-order chi connectivity index (χ1) is 16.0. The Labute approximate surface area is 196 Å². The van der Waals surface area contributed by atoms with Gasteiger partial charge in [-0.25, -0.2) is 8.78 Å². The lowest BCUT2D eigenvalue weighted by Gasteiger charge is -2.29. The topological polar surface area (TPSA) is 29.1 Å². The maximum Gasteiger partial charge on any atom is 0.225 e. The molecule has 0 aliphatic rings. The van der Waals surface area contributed by atoms with E-state index in [2.05, 4.69) is 5.32 Å². The van der Waals surface area contributed by atoms with Crippen molar-refractivity contribution in [1.82, 2.24) is 5.32 Å². The molecule has 3 aromatic carbocycles. The van der Waals surface area contributed by atoms with E-state index in [0.717, 1.165) is 21.6 Å². The maximum absolute atomic E-state index is 14.2. The van der Waals surface area contributed by atoms with E-state index in [-0.39, 0.29) is 29.4 Å². The van der Waals surface area contributed by atoms with Gasteiger partial charge >= 0.3 is 0 Å². The number of hydrogen-bond acceptors (Lipinski definition) is 2. The van der Waals surface area contributed by atoms with Gasteiger partial charge in [0, 0.05) is 28.1 Å². The minimum atomic E-state index is -0.330. The Bertz CT molecular complexity index is 1200. The van der Waals surface area contributed by atoms with Gasteiger partial charge in [0.15, 0.2) is 0 Å². The highest BCUT2D eigenvalue weighted by atomic mass is 32.1. The predicted octanol–water partition coefficient (Wildman–Crippen LogP) is 6.61. The van der Waals surface area contributed by atoms with E-state index >= 15 is 0 Å². The summed E-state index contributed by atoms with van der Waals surface area (Å²) in [6.45, 7) is 2.38.